The molecule has 0 radical (unpaired) electrons. The minimum atomic E-state index is -0.570. The van der Waals surface area contributed by atoms with Crippen molar-refractivity contribution in [2.45, 2.75) is 64.5 Å². The standard InChI is InChI=1S/C16H33N3O2/c1-4-10-18-16(3,15(17)20)9-6-11-19-12-7-14(8-13-19)21-5-2/h14,18H,4-13H2,1-3H3,(H2,17,20). The predicted octanol–water partition coefficient (Wildman–Crippen LogP) is 1.51. The lowest BCUT2D eigenvalue weighted by Crippen LogP contribution is -2.53. The van der Waals surface area contributed by atoms with Crippen molar-refractivity contribution < 1.29 is 9.53 Å². The molecule has 5 heteroatoms. The highest BCUT2D eigenvalue weighted by atomic mass is 16.5. The molecule has 21 heavy (non-hydrogen) atoms. The highest BCUT2D eigenvalue weighted by Crippen LogP contribution is 2.17. The molecule has 1 heterocycles. The molecule has 0 aliphatic carbocycles. The quantitative estimate of drug-likeness (QED) is 0.642. The van der Waals surface area contributed by atoms with Gasteiger partial charge in [-0.3, -0.25) is 4.79 Å². The van der Waals surface area contributed by atoms with Crippen LogP contribution in [0.4, 0.5) is 0 Å². The van der Waals surface area contributed by atoms with Crippen molar-refractivity contribution in [3.05, 3.63) is 0 Å². The van der Waals surface area contributed by atoms with Gasteiger partial charge in [-0.05, 0) is 59.0 Å². The molecule has 1 fully saturated rings. The van der Waals surface area contributed by atoms with Crippen molar-refractivity contribution in [2.75, 3.05) is 32.8 Å². The number of nitrogens with zero attached hydrogens (tertiary/aromatic N) is 1. The van der Waals surface area contributed by atoms with Gasteiger partial charge in [0.15, 0.2) is 0 Å². The predicted molar refractivity (Wildman–Crippen MR) is 86.2 cm³/mol. The molecule has 1 amide bonds. The van der Waals surface area contributed by atoms with Crippen LogP contribution in [0.2, 0.25) is 0 Å². The number of hydrogen-bond donors (Lipinski definition) is 2. The molecule has 1 aliphatic heterocycles. The number of amides is 1. The van der Waals surface area contributed by atoms with Crippen LogP contribution in [0.5, 0.6) is 0 Å². The summed E-state index contributed by atoms with van der Waals surface area (Å²) in [5, 5.41) is 3.29. The first kappa shape index (κ1) is 18.4. The van der Waals surface area contributed by atoms with E-state index in [4.69, 9.17) is 10.5 Å². The number of rotatable bonds is 10. The number of ether oxygens (including phenoxy) is 1. The van der Waals surface area contributed by atoms with Crippen molar-refractivity contribution in [3.63, 3.8) is 0 Å². The Kier molecular flexibility index (Phi) is 8.22. The monoisotopic (exact) mass is 299 g/mol. The fraction of sp³-hybridized carbons (Fsp3) is 0.938. The summed E-state index contributed by atoms with van der Waals surface area (Å²) >= 11 is 0. The minimum absolute atomic E-state index is 0.244. The Labute approximate surface area is 129 Å². The molecular formula is C16H33N3O2. The van der Waals surface area contributed by atoms with Crippen LogP contribution in [0, 0.1) is 0 Å². The zero-order valence-electron chi connectivity index (χ0n) is 14.0. The second-order valence-electron chi connectivity index (χ2n) is 6.22. The van der Waals surface area contributed by atoms with E-state index in [1.807, 2.05) is 6.92 Å². The molecule has 1 rings (SSSR count). The summed E-state index contributed by atoms with van der Waals surface area (Å²) < 4.78 is 5.67. The average Bonchev–Trinajstić information content (AvgIpc) is 2.47. The molecule has 0 aromatic heterocycles. The fourth-order valence-electron chi connectivity index (χ4n) is 2.89. The van der Waals surface area contributed by atoms with Gasteiger partial charge in [0.25, 0.3) is 0 Å². The molecule has 1 atom stereocenters. The number of piperidine rings is 1. The van der Waals surface area contributed by atoms with Crippen molar-refractivity contribution in [1.82, 2.24) is 10.2 Å². The molecule has 5 nitrogen and oxygen atoms in total. The van der Waals surface area contributed by atoms with Crippen LogP contribution in [-0.4, -0.2) is 55.2 Å². The molecule has 0 saturated carbocycles. The number of likely N-dealkylation sites (tertiary alicyclic amines) is 1. The van der Waals surface area contributed by atoms with Gasteiger partial charge in [0.05, 0.1) is 11.6 Å². The van der Waals surface area contributed by atoms with E-state index in [9.17, 15) is 4.79 Å². The van der Waals surface area contributed by atoms with Gasteiger partial charge >= 0.3 is 0 Å². The Hall–Kier alpha value is -0.650. The second-order valence-corrected chi connectivity index (χ2v) is 6.22. The van der Waals surface area contributed by atoms with Crippen LogP contribution in [0.1, 0.15) is 52.9 Å². The zero-order chi connectivity index (χ0) is 15.7. The topological polar surface area (TPSA) is 67.6 Å². The number of carbonyl (C=O) groups excluding carboxylic acids is 1. The third-order valence-corrected chi connectivity index (χ3v) is 4.40. The molecule has 0 spiro atoms. The second kappa shape index (κ2) is 9.38. The van der Waals surface area contributed by atoms with Gasteiger partial charge in [-0.1, -0.05) is 6.92 Å². The number of carbonyl (C=O) groups is 1. The Bertz CT molecular complexity index is 304. The molecule has 0 aromatic rings. The number of hydrogen-bond acceptors (Lipinski definition) is 4. The summed E-state index contributed by atoms with van der Waals surface area (Å²) in [5.74, 6) is -0.244. The van der Waals surface area contributed by atoms with Crippen LogP contribution >= 0.6 is 0 Å². The summed E-state index contributed by atoms with van der Waals surface area (Å²) in [4.78, 5) is 14.1. The Morgan fingerprint density at radius 3 is 2.57 bits per heavy atom. The number of primary amides is 1. The van der Waals surface area contributed by atoms with Gasteiger partial charge in [-0.15, -0.1) is 0 Å². The van der Waals surface area contributed by atoms with Gasteiger partial charge in [-0.2, -0.15) is 0 Å². The first-order valence-corrected chi connectivity index (χ1v) is 8.40. The maximum atomic E-state index is 11.7. The van der Waals surface area contributed by atoms with E-state index in [0.29, 0.717) is 6.10 Å². The lowest BCUT2D eigenvalue weighted by Gasteiger charge is -2.33. The molecule has 3 N–H and O–H groups in total. The first-order chi connectivity index (χ1) is 10.0. The van der Waals surface area contributed by atoms with Crippen LogP contribution in [0.3, 0.4) is 0 Å². The first-order valence-electron chi connectivity index (χ1n) is 8.40. The SMILES string of the molecule is CCCNC(C)(CCCN1CCC(OCC)CC1)C(N)=O. The van der Waals surface area contributed by atoms with E-state index in [-0.39, 0.29) is 5.91 Å². The third-order valence-electron chi connectivity index (χ3n) is 4.40. The minimum Gasteiger partial charge on any atom is -0.378 e. The molecule has 0 aromatic carbocycles. The number of nitrogens with two attached hydrogens (primary N) is 1. The van der Waals surface area contributed by atoms with Crippen LogP contribution in [0.15, 0.2) is 0 Å². The van der Waals surface area contributed by atoms with E-state index in [0.717, 1.165) is 64.9 Å². The maximum absolute atomic E-state index is 11.7. The van der Waals surface area contributed by atoms with E-state index < -0.39 is 5.54 Å². The lowest BCUT2D eigenvalue weighted by atomic mass is 9.94. The molecule has 1 unspecified atom stereocenters. The largest absolute Gasteiger partial charge is 0.378 e. The van der Waals surface area contributed by atoms with E-state index in [1.54, 1.807) is 0 Å². The van der Waals surface area contributed by atoms with Crippen molar-refractivity contribution in [2.24, 2.45) is 5.73 Å². The van der Waals surface area contributed by atoms with Crippen LogP contribution in [-0.2, 0) is 9.53 Å². The summed E-state index contributed by atoms with van der Waals surface area (Å²) in [6.07, 6.45) is 5.48. The smallest absolute Gasteiger partial charge is 0.237 e. The molecule has 124 valence electrons. The zero-order valence-corrected chi connectivity index (χ0v) is 14.0. The highest BCUT2D eigenvalue weighted by Gasteiger charge is 2.29. The summed E-state index contributed by atoms with van der Waals surface area (Å²) in [7, 11) is 0. The van der Waals surface area contributed by atoms with Gasteiger partial charge in [0.2, 0.25) is 5.91 Å². The normalized spacial score (nSPS) is 20.3. The molecular weight excluding hydrogens is 266 g/mol. The van der Waals surface area contributed by atoms with Crippen LogP contribution in [0.25, 0.3) is 0 Å². The van der Waals surface area contributed by atoms with Crippen molar-refractivity contribution in [3.8, 4) is 0 Å². The van der Waals surface area contributed by atoms with E-state index >= 15 is 0 Å². The number of nitrogens with one attached hydrogen (secondary N) is 1. The van der Waals surface area contributed by atoms with Gasteiger partial charge in [-0.25, -0.2) is 0 Å². The molecule has 1 aliphatic rings. The highest BCUT2D eigenvalue weighted by molar-refractivity contribution is 5.84. The summed E-state index contributed by atoms with van der Waals surface area (Å²) in [5.41, 5.74) is 4.98. The Morgan fingerprint density at radius 1 is 1.38 bits per heavy atom. The van der Waals surface area contributed by atoms with E-state index in [2.05, 4.69) is 24.1 Å². The fourth-order valence-corrected chi connectivity index (χ4v) is 2.89. The van der Waals surface area contributed by atoms with Gasteiger partial charge < -0.3 is 20.7 Å². The Morgan fingerprint density at radius 2 is 2.05 bits per heavy atom. The Balaban J connectivity index is 2.27. The summed E-state index contributed by atoms with van der Waals surface area (Å²) in [6, 6.07) is 0. The lowest BCUT2D eigenvalue weighted by molar-refractivity contribution is -0.124. The van der Waals surface area contributed by atoms with Gasteiger partial charge in [0, 0.05) is 19.7 Å². The molecule has 0 bridgehead atoms. The van der Waals surface area contributed by atoms with Crippen molar-refractivity contribution in [1.29, 1.82) is 0 Å². The summed E-state index contributed by atoms with van der Waals surface area (Å²) in [6.45, 7) is 10.9. The molecule has 1 saturated heterocycles. The van der Waals surface area contributed by atoms with E-state index in [1.165, 1.54) is 0 Å². The average molecular weight is 299 g/mol. The maximum Gasteiger partial charge on any atom is 0.237 e. The third kappa shape index (κ3) is 6.32. The van der Waals surface area contributed by atoms with Gasteiger partial charge in [0.1, 0.15) is 0 Å². The van der Waals surface area contributed by atoms with Crippen molar-refractivity contribution >= 4 is 5.91 Å². The van der Waals surface area contributed by atoms with Crippen LogP contribution < -0.4 is 11.1 Å².